The molecule has 1 heterocycles. The molecule has 0 fully saturated rings. The molecule has 1 N–H and O–H groups in total. The molecular formula is C11H8Cl2FN3O3S. The highest BCUT2D eigenvalue weighted by Gasteiger charge is 2.18. The van der Waals surface area contributed by atoms with Crippen molar-refractivity contribution in [3.05, 3.63) is 40.5 Å². The Balaban J connectivity index is 2.36. The van der Waals surface area contributed by atoms with Crippen LogP contribution in [-0.4, -0.2) is 25.5 Å². The number of nitrogens with one attached hydrogen (secondary N) is 1. The highest BCUT2D eigenvalue weighted by atomic mass is 35.5. The number of hydrogen-bond acceptors (Lipinski definition) is 5. The van der Waals surface area contributed by atoms with Gasteiger partial charge in [0.25, 0.3) is 10.0 Å². The summed E-state index contributed by atoms with van der Waals surface area (Å²) in [5.41, 5.74) is 0. The molecule has 112 valence electrons. The van der Waals surface area contributed by atoms with E-state index < -0.39 is 15.8 Å². The molecule has 10 heteroatoms. The van der Waals surface area contributed by atoms with Crippen LogP contribution in [0.15, 0.2) is 29.2 Å². The van der Waals surface area contributed by atoms with Crippen molar-refractivity contribution in [2.24, 2.45) is 0 Å². The van der Waals surface area contributed by atoms with E-state index >= 15 is 0 Å². The summed E-state index contributed by atoms with van der Waals surface area (Å²) in [5, 5.41) is -0.255. The number of anilines is 1. The molecule has 2 aromatic rings. The Kier molecular flexibility index (Phi) is 4.50. The third-order valence-corrected chi connectivity index (χ3v) is 4.06. The first kappa shape index (κ1) is 15.7. The van der Waals surface area contributed by atoms with Crippen molar-refractivity contribution in [3.8, 4) is 5.75 Å². The van der Waals surface area contributed by atoms with Gasteiger partial charge in [-0.2, -0.15) is 4.98 Å². The second-order valence-corrected chi connectivity index (χ2v) is 6.15. The van der Waals surface area contributed by atoms with Crippen LogP contribution in [0.2, 0.25) is 10.4 Å². The zero-order valence-corrected chi connectivity index (χ0v) is 12.8. The van der Waals surface area contributed by atoms with E-state index in [9.17, 15) is 12.8 Å². The van der Waals surface area contributed by atoms with Gasteiger partial charge >= 0.3 is 0 Å². The van der Waals surface area contributed by atoms with E-state index in [0.29, 0.717) is 0 Å². The third kappa shape index (κ3) is 3.72. The average molecular weight is 352 g/mol. The van der Waals surface area contributed by atoms with E-state index in [0.717, 1.165) is 6.07 Å². The molecule has 0 bridgehead atoms. The molecule has 0 spiro atoms. The first-order chi connectivity index (χ1) is 9.81. The predicted molar refractivity (Wildman–Crippen MR) is 75.8 cm³/mol. The highest BCUT2D eigenvalue weighted by molar-refractivity contribution is 7.92. The second kappa shape index (κ2) is 6.00. The van der Waals surface area contributed by atoms with Crippen LogP contribution in [0.1, 0.15) is 0 Å². The van der Waals surface area contributed by atoms with Gasteiger partial charge in [0.1, 0.15) is 11.0 Å². The molecule has 0 aliphatic rings. The largest absolute Gasteiger partial charge is 0.494 e. The third-order valence-electron chi connectivity index (χ3n) is 2.34. The van der Waals surface area contributed by atoms with Crippen LogP contribution >= 0.6 is 23.2 Å². The lowest BCUT2D eigenvalue weighted by atomic mass is 10.3. The molecule has 2 rings (SSSR count). The van der Waals surface area contributed by atoms with Gasteiger partial charge in [-0.25, -0.2) is 17.8 Å². The second-order valence-electron chi connectivity index (χ2n) is 3.75. The van der Waals surface area contributed by atoms with Crippen molar-refractivity contribution < 1.29 is 17.5 Å². The van der Waals surface area contributed by atoms with E-state index in [1.165, 1.54) is 25.3 Å². The van der Waals surface area contributed by atoms with Gasteiger partial charge in [0, 0.05) is 6.07 Å². The highest BCUT2D eigenvalue weighted by Crippen LogP contribution is 2.23. The fraction of sp³-hybridized carbons (Fsp3) is 0.0909. The Morgan fingerprint density at radius 1 is 1.24 bits per heavy atom. The van der Waals surface area contributed by atoms with Gasteiger partial charge < -0.3 is 4.74 Å². The minimum atomic E-state index is -4.05. The topological polar surface area (TPSA) is 81.2 Å². The number of benzene rings is 1. The summed E-state index contributed by atoms with van der Waals surface area (Å²) >= 11 is 11.2. The van der Waals surface area contributed by atoms with Gasteiger partial charge in [0.15, 0.2) is 11.6 Å². The Morgan fingerprint density at radius 2 is 1.95 bits per heavy atom. The minimum Gasteiger partial charge on any atom is -0.494 e. The molecule has 0 saturated heterocycles. The number of halogens is 3. The van der Waals surface area contributed by atoms with Crippen LogP contribution in [0, 0.1) is 5.82 Å². The molecule has 1 aromatic heterocycles. The summed E-state index contributed by atoms with van der Waals surface area (Å²) in [6.07, 6.45) is 0. The molecule has 0 aliphatic heterocycles. The molecule has 6 nitrogen and oxygen atoms in total. The maximum absolute atomic E-state index is 13.6. The van der Waals surface area contributed by atoms with Crippen molar-refractivity contribution in [2.75, 3.05) is 11.8 Å². The van der Waals surface area contributed by atoms with Crippen molar-refractivity contribution in [1.29, 1.82) is 0 Å². The van der Waals surface area contributed by atoms with Crippen LogP contribution in [0.25, 0.3) is 0 Å². The van der Waals surface area contributed by atoms with E-state index in [1.807, 2.05) is 0 Å². The standard InChI is InChI=1S/C11H8Cl2FN3O3S/c1-20-8-3-2-6(4-7(8)14)21(18,19)17-10-5-9(12)15-11(13)16-10/h2-5H,1H3,(H,15,16,17). The van der Waals surface area contributed by atoms with Crippen LogP contribution in [0.5, 0.6) is 5.75 Å². The van der Waals surface area contributed by atoms with Crippen molar-refractivity contribution in [1.82, 2.24) is 9.97 Å². The van der Waals surface area contributed by atoms with Gasteiger partial charge in [-0.15, -0.1) is 0 Å². The quantitative estimate of drug-likeness (QED) is 0.676. The summed E-state index contributed by atoms with van der Waals surface area (Å²) in [6.45, 7) is 0. The van der Waals surface area contributed by atoms with Gasteiger partial charge in [-0.3, -0.25) is 4.72 Å². The van der Waals surface area contributed by atoms with Gasteiger partial charge in [0.05, 0.1) is 12.0 Å². The average Bonchev–Trinajstić information content (AvgIpc) is 2.36. The van der Waals surface area contributed by atoms with Crippen molar-refractivity contribution >= 4 is 39.0 Å². The molecule has 0 saturated carbocycles. The minimum absolute atomic E-state index is 0.0337. The van der Waals surface area contributed by atoms with E-state index in [1.54, 1.807) is 0 Å². The van der Waals surface area contributed by atoms with Crippen molar-refractivity contribution in [3.63, 3.8) is 0 Å². The molecule has 0 radical (unpaired) electrons. The zero-order chi connectivity index (χ0) is 15.6. The monoisotopic (exact) mass is 351 g/mol. The molecule has 1 aromatic carbocycles. The summed E-state index contributed by atoms with van der Waals surface area (Å²) in [7, 11) is -2.77. The first-order valence-corrected chi connectivity index (χ1v) is 7.62. The first-order valence-electron chi connectivity index (χ1n) is 5.38. The molecule has 21 heavy (non-hydrogen) atoms. The van der Waals surface area contributed by atoms with Crippen molar-refractivity contribution in [2.45, 2.75) is 4.90 Å². The lowest BCUT2D eigenvalue weighted by molar-refractivity contribution is 0.385. The Bertz CT molecular complexity index is 766. The Morgan fingerprint density at radius 3 is 2.52 bits per heavy atom. The Labute approximate surface area is 129 Å². The van der Waals surface area contributed by atoms with Gasteiger partial charge in [0.2, 0.25) is 5.28 Å². The molecule has 0 unspecified atom stereocenters. The summed E-state index contributed by atoms with van der Waals surface area (Å²) in [4.78, 5) is 6.94. The number of ether oxygens (including phenoxy) is 1. The van der Waals surface area contributed by atoms with Gasteiger partial charge in [-0.1, -0.05) is 11.6 Å². The SMILES string of the molecule is COc1ccc(S(=O)(=O)Nc2cc(Cl)nc(Cl)n2)cc1F. The molecular weight excluding hydrogens is 344 g/mol. The Hall–Kier alpha value is -1.64. The van der Waals surface area contributed by atoms with Crippen LogP contribution in [0.4, 0.5) is 10.2 Å². The van der Waals surface area contributed by atoms with E-state index in [4.69, 9.17) is 27.9 Å². The number of aromatic nitrogens is 2. The predicted octanol–water partition coefficient (Wildman–Crippen LogP) is 2.73. The van der Waals surface area contributed by atoms with E-state index in [-0.39, 0.29) is 26.9 Å². The lowest BCUT2D eigenvalue weighted by Crippen LogP contribution is -2.14. The number of rotatable bonds is 4. The maximum Gasteiger partial charge on any atom is 0.263 e. The number of nitrogens with zero attached hydrogens (tertiary/aromatic N) is 2. The van der Waals surface area contributed by atoms with Crippen LogP contribution in [-0.2, 0) is 10.0 Å². The lowest BCUT2D eigenvalue weighted by Gasteiger charge is -2.09. The maximum atomic E-state index is 13.6. The van der Waals surface area contributed by atoms with E-state index in [2.05, 4.69) is 14.7 Å². The smallest absolute Gasteiger partial charge is 0.263 e. The molecule has 0 aliphatic carbocycles. The summed E-state index contributed by atoms with van der Waals surface area (Å²) in [6, 6.07) is 4.38. The number of sulfonamides is 1. The molecule has 0 atom stereocenters. The van der Waals surface area contributed by atoms with Crippen LogP contribution in [0.3, 0.4) is 0 Å². The number of hydrogen-bond donors (Lipinski definition) is 1. The van der Waals surface area contributed by atoms with Gasteiger partial charge in [-0.05, 0) is 29.8 Å². The zero-order valence-electron chi connectivity index (χ0n) is 10.5. The number of methoxy groups -OCH3 is 1. The summed E-state index contributed by atoms with van der Waals surface area (Å²) < 4.78 is 44.6. The van der Waals surface area contributed by atoms with Crippen LogP contribution < -0.4 is 9.46 Å². The molecule has 0 amide bonds. The summed E-state index contributed by atoms with van der Waals surface area (Å²) in [5.74, 6) is -1.00. The normalized spacial score (nSPS) is 11.2. The fourth-order valence-electron chi connectivity index (χ4n) is 1.45. The fourth-order valence-corrected chi connectivity index (χ4v) is 2.87.